The number of para-hydroxylation sites is 2. The van der Waals surface area contributed by atoms with Crippen molar-refractivity contribution in [3.63, 3.8) is 0 Å². The molecule has 4 N–H and O–H groups in total. The van der Waals surface area contributed by atoms with E-state index in [0.29, 0.717) is 12.1 Å². The third-order valence-corrected chi connectivity index (χ3v) is 7.97. The Hall–Kier alpha value is -3.39. The largest absolute Gasteiger partial charge is 0.393 e. The van der Waals surface area contributed by atoms with E-state index in [4.69, 9.17) is 4.74 Å². The van der Waals surface area contributed by atoms with E-state index in [2.05, 4.69) is 20.9 Å². The number of carbonyl (C=O) groups is 1. The molecule has 7 rings (SSSR count). The Morgan fingerprint density at radius 3 is 2.59 bits per heavy atom. The molecule has 5 aromatic rings. The zero-order valence-corrected chi connectivity index (χ0v) is 19.0. The Bertz CT molecular complexity index is 1680. The molecule has 7 heteroatoms. The van der Waals surface area contributed by atoms with Gasteiger partial charge in [-0.15, -0.1) is 0 Å². The molecular formula is C27H25N3O4. The molecule has 2 aliphatic rings. The lowest BCUT2D eigenvalue weighted by Gasteiger charge is -2.32. The highest BCUT2D eigenvalue weighted by Gasteiger charge is 2.54. The van der Waals surface area contributed by atoms with Crippen LogP contribution in [0, 0.1) is 0 Å². The molecule has 0 unspecified atom stereocenters. The molecule has 7 nitrogen and oxygen atoms in total. The molecule has 1 fully saturated rings. The number of aliphatic hydroxyl groups excluding tert-OH is 1. The minimum atomic E-state index is -1.39. The highest BCUT2D eigenvalue weighted by atomic mass is 16.6. The van der Waals surface area contributed by atoms with Gasteiger partial charge in [-0.3, -0.25) is 4.79 Å². The first kappa shape index (κ1) is 20.0. The van der Waals surface area contributed by atoms with Gasteiger partial charge < -0.3 is 29.8 Å². The van der Waals surface area contributed by atoms with Gasteiger partial charge in [0.25, 0.3) is 5.91 Å². The number of hydrogen-bond acceptors (Lipinski definition) is 4. The van der Waals surface area contributed by atoms with Crippen LogP contribution in [0.5, 0.6) is 0 Å². The Morgan fingerprint density at radius 1 is 1.09 bits per heavy atom. The first-order chi connectivity index (χ1) is 16.3. The topological polar surface area (TPSA) is 99.5 Å². The molecule has 0 aliphatic carbocycles. The standard InChI is InChI=1S/C27H25N3O4/c1-26(2)27(33,13-31)11-19(34-26)30-18-10-6-4-8-15(18)21-22-16(12-28-25(22)32)20-14-7-3-5-9-17(14)29-23(20)24(21)30/h3-10,19,29,31,33H,11-13H2,1-2H3,(H,28,32)/t19-,27+/m1/s1. The number of rotatable bonds is 2. The molecule has 0 saturated carbocycles. The molecule has 2 aliphatic heterocycles. The van der Waals surface area contributed by atoms with Gasteiger partial charge in [0.2, 0.25) is 0 Å². The van der Waals surface area contributed by atoms with Gasteiger partial charge in [-0.2, -0.15) is 0 Å². The Balaban J connectivity index is 1.69. The first-order valence-corrected chi connectivity index (χ1v) is 11.6. The van der Waals surface area contributed by atoms with Crippen LogP contribution in [0.15, 0.2) is 48.5 Å². The summed E-state index contributed by atoms with van der Waals surface area (Å²) >= 11 is 0. The van der Waals surface area contributed by atoms with Gasteiger partial charge >= 0.3 is 0 Å². The second-order valence-electron chi connectivity index (χ2n) is 10.0. The molecule has 1 amide bonds. The van der Waals surface area contributed by atoms with E-state index in [9.17, 15) is 15.0 Å². The lowest BCUT2D eigenvalue weighted by Crippen LogP contribution is -2.49. The maximum Gasteiger partial charge on any atom is 0.252 e. The smallest absolute Gasteiger partial charge is 0.252 e. The molecule has 4 heterocycles. The average Bonchev–Trinajstić information content (AvgIpc) is 3.54. The lowest BCUT2D eigenvalue weighted by molar-refractivity contribution is -0.135. The number of hydrogen-bond donors (Lipinski definition) is 4. The van der Waals surface area contributed by atoms with Crippen LogP contribution in [0.2, 0.25) is 0 Å². The molecular weight excluding hydrogens is 430 g/mol. The van der Waals surface area contributed by atoms with Crippen LogP contribution in [0.3, 0.4) is 0 Å². The quantitative estimate of drug-likeness (QED) is 0.322. The number of aliphatic hydroxyl groups is 2. The number of nitrogens with one attached hydrogen (secondary N) is 2. The summed E-state index contributed by atoms with van der Waals surface area (Å²) in [5, 5.41) is 28.2. The predicted molar refractivity (Wildman–Crippen MR) is 131 cm³/mol. The van der Waals surface area contributed by atoms with Crippen LogP contribution < -0.4 is 5.32 Å². The van der Waals surface area contributed by atoms with Crippen LogP contribution in [0.4, 0.5) is 0 Å². The summed E-state index contributed by atoms with van der Waals surface area (Å²) in [4.78, 5) is 16.8. The number of amides is 1. The summed E-state index contributed by atoms with van der Waals surface area (Å²) in [6.07, 6.45) is -0.290. The minimum absolute atomic E-state index is 0.0744. The van der Waals surface area contributed by atoms with Gasteiger partial charge in [0.05, 0.1) is 34.3 Å². The fraction of sp³-hybridized carbons (Fsp3) is 0.296. The van der Waals surface area contributed by atoms with Gasteiger partial charge in [0, 0.05) is 40.0 Å². The molecule has 0 bridgehead atoms. The van der Waals surface area contributed by atoms with Crippen LogP contribution in [-0.4, -0.2) is 43.5 Å². The van der Waals surface area contributed by atoms with Gasteiger partial charge in [-0.1, -0.05) is 36.4 Å². The third-order valence-electron chi connectivity index (χ3n) is 7.97. The van der Waals surface area contributed by atoms with Gasteiger partial charge in [-0.25, -0.2) is 0 Å². The SMILES string of the molecule is CC1(C)O[C@@H](n2c3ccccc3c3c4c(c5c6ccccc6[nH]c5c32)CNC4=O)C[C@]1(O)CO. The lowest BCUT2D eigenvalue weighted by atomic mass is 9.86. The van der Waals surface area contributed by atoms with Gasteiger partial charge in [0.15, 0.2) is 0 Å². The fourth-order valence-electron chi connectivity index (χ4n) is 6.08. The van der Waals surface area contributed by atoms with Crippen molar-refractivity contribution >= 4 is 49.5 Å². The second-order valence-corrected chi connectivity index (χ2v) is 10.0. The van der Waals surface area contributed by atoms with Crippen molar-refractivity contribution in [2.75, 3.05) is 6.61 Å². The predicted octanol–water partition coefficient (Wildman–Crippen LogP) is 4.09. The number of ether oxygens (including phenoxy) is 1. The van der Waals surface area contributed by atoms with E-state index >= 15 is 0 Å². The fourth-order valence-corrected chi connectivity index (χ4v) is 6.08. The number of nitrogens with zero attached hydrogens (tertiary/aromatic N) is 1. The normalized spacial score (nSPS) is 24.0. The molecule has 172 valence electrons. The van der Waals surface area contributed by atoms with Crippen molar-refractivity contribution in [3.8, 4) is 0 Å². The van der Waals surface area contributed by atoms with Crippen LogP contribution in [-0.2, 0) is 11.3 Å². The summed E-state index contributed by atoms with van der Waals surface area (Å²) < 4.78 is 8.52. The van der Waals surface area contributed by atoms with E-state index in [1.165, 1.54) is 0 Å². The van der Waals surface area contributed by atoms with Crippen molar-refractivity contribution < 1.29 is 19.7 Å². The molecule has 1 saturated heterocycles. The number of aromatic amines is 1. The van der Waals surface area contributed by atoms with Crippen molar-refractivity contribution in [3.05, 3.63) is 59.7 Å². The molecule has 0 radical (unpaired) electrons. The zero-order chi connectivity index (χ0) is 23.4. The number of carbonyl (C=O) groups excluding carboxylic acids is 1. The van der Waals surface area contributed by atoms with Crippen molar-refractivity contribution in [1.29, 1.82) is 0 Å². The van der Waals surface area contributed by atoms with Gasteiger partial charge in [0.1, 0.15) is 11.8 Å². The number of aromatic nitrogens is 2. The molecule has 34 heavy (non-hydrogen) atoms. The Morgan fingerprint density at radius 2 is 1.82 bits per heavy atom. The number of fused-ring (bicyclic) bond motifs is 10. The van der Waals surface area contributed by atoms with Gasteiger partial charge in [-0.05, 0) is 31.5 Å². The first-order valence-electron chi connectivity index (χ1n) is 11.6. The van der Waals surface area contributed by atoms with E-state index in [-0.39, 0.29) is 12.3 Å². The van der Waals surface area contributed by atoms with Crippen molar-refractivity contribution in [2.45, 2.75) is 44.2 Å². The van der Waals surface area contributed by atoms with Crippen LogP contribution in [0.1, 0.15) is 42.4 Å². The zero-order valence-electron chi connectivity index (χ0n) is 19.0. The van der Waals surface area contributed by atoms with E-state index in [1.807, 2.05) is 42.5 Å². The second kappa shape index (κ2) is 6.39. The van der Waals surface area contributed by atoms with Crippen LogP contribution >= 0.6 is 0 Å². The molecule has 2 aromatic heterocycles. The minimum Gasteiger partial charge on any atom is -0.393 e. The highest BCUT2D eigenvalue weighted by molar-refractivity contribution is 6.30. The highest BCUT2D eigenvalue weighted by Crippen LogP contribution is 2.49. The summed E-state index contributed by atoms with van der Waals surface area (Å²) in [5.41, 5.74) is 3.14. The molecule has 3 aromatic carbocycles. The van der Waals surface area contributed by atoms with Crippen molar-refractivity contribution in [2.24, 2.45) is 0 Å². The Kier molecular flexibility index (Phi) is 3.76. The van der Waals surface area contributed by atoms with E-state index in [0.717, 1.165) is 49.2 Å². The number of H-pyrrole nitrogens is 1. The number of benzene rings is 3. The molecule has 2 atom stereocenters. The summed E-state index contributed by atoms with van der Waals surface area (Å²) in [6.45, 7) is 3.70. The summed E-state index contributed by atoms with van der Waals surface area (Å²) in [7, 11) is 0. The van der Waals surface area contributed by atoms with Crippen molar-refractivity contribution in [1.82, 2.24) is 14.9 Å². The average molecular weight is 456 g/mol. The van der Waals surface area contributed by atoms with E-state index < -0.39 is 24.0 Å². The Labute approximate surface area is 194 Å². The maximum absolute atomic E-state index is 13.2. The van der Waals surface area contributed by atoms with E-state index in [1.54, 1.807) is 13.8 Å². The monoisotopic (exact) mass is 455 g/mol. The van der Waals surface area contributed by atoms with Crippen LogP contribution in [0.25, 0.3) is 43.6 Å². The summed E-state index contributed by atoms with van der Waals surface area (Å²) in [5.74, 6) is -0.0744. The summed E-state index contributed by atoms with van der Waals surface area (Å²) in [6, 6.07) is 16.1. The molecule has 0 spiro atoms. The maximum atomic E-state index is 13.2. The third kappa shape index (κ3) is 2.29.